The van der Waals surface area contributed by atoms with Crippen LogP contribution in [0.3, 0.4) is 0 Å². The molecule has 27 heavy (non-hydrogen) atoms. The normalized spacial score (nSPS) is 10.8. The summed E-state index contributed by atoms with van der Waals surface area (Å²) >= 11 is 5.93. The molecule has 1 aromatic heterocycles. The fourth-order valence-electron chi connectivity index (χ4n) is 2.92. The van der Waals surface area contributed by atoms with E-state index in [0.717, 1.165) is 18.5 Å². The lowest BCUT2D eigenvalue weighted by atomic mass is 10.1. The molecule has 0 aliphatic carbocycles. The van der Waals surface area contributed by atoms with Crippen LogP contribution in [0.1, 0.15) is 51.0 Å². The highest BCUT2D eigenvalue weighted by Crippen LogP contribution is 2.21. The number of imidazole rings is 1. The molecule has 0 saturated heterocycles. The van der Waals surface area contributed by atoms with Gasteiger partial charge < -0.3 is 9.47 Å². The molecule has 0 aliphatic rings. The Morgan fingerprint density at radius 2 is 1.93 bits per heavy atom. The highest BCUT2D eigenvalue weighted by atomic mass is 35.5. The van der Waals surface area contributed by atoms with E-state index in [2.05, 4.69) is 6.92 Å². The van der Waals surface area contributed by atoms with Gasteiger partial charge in [0.2, 0.25) is 0 Å². The molecule has 5 nitrogen and oxygen atoms in total. The number of aryl methyl sites for hydroxylation is 3. The Bertz CT molecular complexity index is 743. The zero-order valence-corrected chi connectivity index (χ0v) is 17.3. The highest BCUT2D eigenvalue weighted by molar-refractivity contribution is 6.30. The number of rotatable bonds is 11. The zero-order chi connectivity index (χ0) is 19.6. The first-order valence-electron chi connectivity index (χ1n) is 9.65. The number of benzene rings is 1. The van der Waals surface area contributed by atoms with E-state index >= 15 is 0 Å². The van der Waals surface area contributed by atoms with Gasteiger partial charge in [0.05, 0.1) is 13.6 Å². The number of ether oxygens (including phenoxy) is 2. The van der Waals surface area contributed by atoms with Crippen LogP contribution in [0, 0.1) is 6.92 Å². The topological polar surface area (TPSA) is 44.3 Å². The van der Waals surface area contributed by atoms with Crippen LogP contribution in [0.4, 0.5) is 0 Å². The molecule has 0 saturated carbocycles. The van der Waals surface area contributed by atoms with Gasteiger partial charge in [0, 0.05) is 5.02 Å². The van der Waals surface area contributed by atoms with Gasteiger partial charge in [-0.05, 0) is 43.5 Å². The molecule has 1 aromatic carbocycles. The summed E-state index contributed by atoms with van der Waals surface area (Å²) in [5, 5.41) is 0.641. The Balaban J connectivity index is 1.83. The minimum atomic E-state index is -0.428. The van der Waals surface area contributed by atoms with Crippen LogP contribution in [-0.2, 0) is 18.4 Å². The van der Waals surface area contributed by atoms with Crippen molar-refractivity contribution in [1.82, 2.24) is 4.57 Å². The average Bonchev–Trinajstić information content (AvgIpc) is 2.97. The lowest BCUT2D eigenvalue weighted by molar-refractivity contribution is -0.675. The van der Waals surface area contributed by atoms with Gasteiger partial charge in [-0.15, -0.1) is 0 Å². The van der Waals surface area contributed by atoms with Gasteiger partial charge in [-0.1, -0.05) is 44.2 Å². The van der Waals surface area contributed by atoms with Crippen molar-refractivity contribution >= 4 is 17.6 Å². The predicted octanol–water partition coefficient (Wildman–Crippen LogP) is 4.62. The second-order valence-corrected chi connectivity index (χ2v) is 7.26. The Labute approximate surface area is 166 Å². The molecule has 0 unspecified atom stereocenters. The first-order chi connectivity index (χ1) is 13.0. The molecule has 6 heteroatoms. The largest absolute Gasteiger partial charge is 0.482 e. The Morgan fingerprint density at radius 1 is 1.19 bits per heavy atom. The van der Waals surface area contributed by atoms with E-state index in [1.165, 1.54) is 32.1 Å². The van der Waals surface area contributed by atoms with E-state index in [1.807, 2.05) is 35.5 Å². The number of aromatic nitrogens is 2. The summed E-state index contributed by atoms with van der Waals surface area (Å²) < 4.78 is 14.9. The smallest absolute Gasteiger partial charge is 0.463 e. The number of unbranched alkanes of at least 4 members (excludes halogenated alkanes) is 5. The number of nitrogens with zero attached hydrogens (tertiary/aromatic N) is 2. The van der Waals surface area contributed by atoms with Gasteiger partial charge in [0.25, 0.3) is 0 Å². The third kappa shape index (κ3) is 6.90. The maximum Gasteiger partial charge on any atom is 0.463 e. The predicted molar refractivity (Wildman–Crippen MR) is 106 cm³/mol. The minimum Gasteiger partial charge on any atom is -0.482 e. The van der Waals surface area contributed by atoms with E-state index in [0.29, 0.717) is 16.8 Å². The quantitative estimate of drug-likeness (QED) is 0.318. The number of hydrogen-bond acceptors (Lipinski definition) is 3. The molecule has 2 rings (SSSR count). The summed E-state index contributed by atoms with van der Waals surface area (Å²) in [6.07, 6.45) is 11.2. The maximum absolute atomic E-state index is 12.2. The molecule has 0 spiro atoms. The van der Waals surface area contributed by atoms with Gasteiger partial charge >= 0.3 is 12.0 Å². The van der Waals surface area contributed by atoms with E-state index < -0.39 is 5.97 Å². The van der Waals surface area contributed by atoms with Crippen LogP contribution < -0.4 is 14.0 Å². The number of halogens is 1. The first kappa shape index (κ1) is 21.3. The third-order valence-corrected chi connectivity index (χ3v) is 4.69. The van der Waals surface area contributed by atoms with Gasteiger partial charge in [-0.3, -0.25) is 0 Å². The van der Waals surface area contributed by atoms with Crippen molar-refractivity contribution in [2.24, 2.45) is 7.05 Å². The number of carbonyl (C=O) groups excluding carboxylic acids is 1. The number of esters is 1. The molecule has 0 N–H and O–H groups in total. The van der Waals surface area contributed by atoms with E-state index in [4.69, 9.17) is 21.1 Å². The second-order valence-electron chi connectivity index (χ2n) is 6.83. The van der Waals surface area contributed by atoms with E-state index in [9.17, 15) is 4.79 Å². The fraction of sp³-hybridized carbons (Fsp3) is 0.524. The lowest BCUT2D eigenvalue weighted by Gasteiger charge is -2.08. The summed E-state index contributed by atoms with van der Waals surface area (Å²) in [5.74, 6) is 0.200. The Kier molecular flexibility index (Phi) is 8.65. The van der Waals surface area contributed by atoms with Crippen LogP contribution in [-0.4, -0.2) is 17.1 Å². The van der Waals surface area contributed by atoms with Crippen LogP contribution in [0.15, 0.2) is 30.6 Å². The Hall–Kier alpha value is -2.01. The molecule has 148 valence electrons. The first-order valence-corrected chi connectivity index (χ1v) is 10.0. The standard InChI is InChI=1S/C21H30ClN2O3/c1-4-5-6-7-8-9-12-24-14-13-23(3)21(24)27-20(25)16-26-19-11-10-18(22)15-17(19)2/h10-11,13-15H,4-9,12,16H2,1-3H3/q+1. The fourth-order valence-corrected chi connectivity index (χ4v) is 3.14. The molecule has 1 heterocycles. The van der Waals surface area contributed by atoms with Crippen molar-refractivity contribution in [2.75, 3.05) is 6.61 Å². The molecule has 0 bridgehead atoms. The highest BCUT2D eigenvalue weighted by Gasteiger charge is 2.20. The molecule has 0 radical (unpaired) electrons. The molecular weight excluding hydrogens is 364 g/mol. The minimum absolute atomic E-state index is 0.148. The van der Waals surface area contributed by atoms with E-state index in [-0.39, 0.29) is 6.61 Å². The average molecular weight is 394 g/mol. The van der Waals surface area contributed by atoms with Crippen LogP contribution >= 0.6 is 11.6 Å². The summed E-state index contributed by atoms with van der Waals surface area (Å²) in [7, 11) is 1.87. The summed E-state index contributed by atoms with van der Waals surface area (Å²) in [4.78, 5) is 12.2. The molecule has 0 amide bonds. The lowest BCUT2D eigenvalue weighted by Crippen LogP contribution is -2.32. The molecule has 0 fully saturated rings. The third-order valence-electron chi connectivity index (χ3n) is 4.46. The van der Waals surface area contributed by atoms with Crippen molar-refractivity contribution in [3.8, 4) is 11.8 Å². The summed E-state index contributed by atoms with van der Waals surface area (Å²) in [6.45, 7) is 4.80. The Morgan fingerprint density at radius 3 is 2.67 bits per heavy atom. The zero-order valence-electron chi connectivity index (χ0n) is 16.5. The van der Waals surface area contributed by atoms with Gasteiger partial charge in [-0.25, -0.2) is 4.79 Å². The molecule has 2 aromatic rings. The van der Waals surface area contributed by atoms with Crippen LogP contribution in [0.25, 0.3) is 0 Å². The number of hydrogen-bond donors (Lipinski definition) is 0. The van der Waals surface area contributed by atoms with E-state index in [1.54, 1.807) is 18.2 Å². The van der Waals surface area contributed by atoms with Crippen LogP contribution in [0.5, 0.6) is 11.8 Å². The summed E-state index contributed by atoms with van der Waals surface area (Å²) in [6, 6.07) is 5.83. The van der Waals surface area contributed by atoms with Crippen molar-refractivity contribution in [3.63, 3.8) is 0 Å². The monoisotopic (exact) mass is 393 g/mol. The molecule has 0 atom stereocenters. The van der Waals surface area contributed by atoms with Crippen molar-refractivity contribution in [1.29, 1.82) is 0 Å². The number of carbonyl (C=O) groups is 1. The van der Waals surface area contributed by atoms with Gasteiger partial charge in [-0.2, -0.15) is 9.13 Å². The molecule has 0 aliphatic heterocycles. The summed E-state index contributed by atoms with van der Waals surface area (Å²) in [5.41, 5.74) is 0.882. The van der Waals surface area contributed by atoms with Crippen molar-refractivity contribution < 1.29 is 18.8 Å². The van der Waals surface area contributed by atoms with Crippen molar-refractivity contribution in [2.45, 2.75) is 58.9 Å². The maximum atomic E-state index is 12.2. The molecular formula is C21H30ClN2O3+. The van der Waals surface area contributed by atoms with Crippen LogP contribution in [0.2, 0.25) is 5.02 Å². The van der Waals surface area contributed by atoms with Gasteiger partial charge in [0.1, 0.15) is 18.1 Å². The second kappa shape index (κ2) is 11.0. The SMILES string of the molecule is CCCCCCCCn1cc[n+](C)c1OC(=O)COc1ccc(Cl)cc1C. The van der Waals surface area contributed by atoms with Gasteiger partial charge in [0.15, 0.2) is 6.61 Å². The van der Waals surface area contributed by atoms with Crippen molar-refractivity contribution in [3.05, 3.63) is 41.2 Å².